The second-order valence-electron chi connectivity index (χ2n) is 7.67. The van der Waals surface area contributed by atoms with Crippen molar-refractivity contribution in [2.24, 2.45) is 0 Å². The van der Waals surface area contributed by atoms with E-state index >= 15 is 0 Å². The van der Waals surface area contributed by atoms with Crippen LogP contribution in [-0.4, -0.2) is 41.3 Å². The number of carbonyl (C=O) groups excluding carboxylic acids is 2. The van der Waals surface area contributed by atoms with Crippen LogP contribution >= 0.6 is 0 Å². The molecule has 3 aromatic rings. The van der Waals surface area contributed by atoms with E-state index < -0.39 is 6.04 Å². The van der Waals surface area contributed by atoms with Crippen molar-refractivity contribution >= 4 is 11.8 Å². The predicted octanol–water partition coefficient (Wildman–Crippen LogP) is 3.90. The Kier molecular flexibility index (Phi) is 6.07. The van der Waals surface area contributed by atoms with Gasteiger partial charge in [0.25, 0.3) is 5.91 Å². The van der Waals surface area contributed by atoms with Gasteiger partial charge in [-0.25, -0.2) is 0 Å². The number of fused-ring (bicyclic) bond motifs is 1. The van der Waals surface area contributed by atoms with Gasteiger partial charge in [-0.15, -0.1) is 0 Å². The van der Waals surface area contributed by atoms with Crippen LogP contribution in [0.25, 0.3) is 0 Å². The minimum absolute atomic E-state index is 0.0942. The molecule has 0 bridgehead atoms. The number of rotatable bonds is 6. The van der Waals surface area contributed by atoms with E-state index in [9.17, 15) is 9.59 Å². The van der Waals surface area contributed by atoms with Gasteiger partial charge in [-0.2, -0.15) is 0 Å². The predicted molar refractivity (Wildman–Crippen MR) is 117 cm³/mol. The molecule has 0 N–H and O–H groups in total. The Bertz CT molecular complexity index is 1040. The van der Waals surface area contributed by atoms with Crippen LogP contribution in [0, 0.1) is 0 Å². The fourth-order valence-electron chi connectivity index (χ4n) is 3.96. The normalized spacial score (nSPS) is 15.3. The maximum atomic E-state index is 13.4. The van der Waals surface area contributed by atoms with Crippen LogP contribution in [0.4, 0.5) is 0 Å². The van der Waals surface area contributed by atoms with Crippen molar-refractivity contribution in [1.82, 2.24) is 9.80 Å². The number of benzene rings is 2. The molecule has 1 atom stereocenters. The van der Waals surface area contributed by atoms with Crippen LogP contribution in [-0.2, 0) is 24.3 Å². The minimum Gasteiger partial charge on any atom is -0.494 e. The van der Waals surface area contributed by atoms with Crippen molar-refractivity contribution in [3.63, 3.8) is 0 Å². The monoisotopic (exact) mass is 418 g/mol. The molecule has 0 radical (unpaired) electrons. The molecule has 6 nitrogen and oxygen atoms in total. The Hall–Kier alpha value is -3.54. The molecular formula is C25H26N2O4. The quantitative estimate of drug-likeness (QED) is 0.609. The third-order valence-electron chi connectivity index (χ3n) is 5.56. The summed E-state index contributed by atoms with van der Waals surface area (Å²) in [5, 5.41) is 0. The van der Waals surface area contributed by atoms with Crippen LogP contribution in [0.1, 0.15) is 34.2 Å². The second-order valence-corrected chi connectivity index (χ2v) is 7.67. The molecule has 4 rings (SSSR count). The summed E-state index contributed by atoms with van der Waals surface area (Å²) in [7, 11) is 1.77. The molecule has 0 aliphatic carbocycles. The third-order valence-corrected chi connectivity index (χ3v) is 5.56. The topological polar surface area (TPSA) is 63.0 Å². The van der Waals surface area contributed by atoms with Gasteiger partial charge in [-0.05, 0) is 47.9 Å². The summed E-state index contributed by atoms with van der Waals surface area (Å²) in [5.74, 6) is 0.682. The van der Waals surface area contributed by atoms with E-state index in [0.717, 1.165) is 22.4 Å². The van der Waals surface area contributed by atoms with Gasteiger partial charge < -0.3 is 19.0 Å². The van der Waals surface area contributed by atoms with E-state index in [1.54, 1.807) is 29.0 Å². The van der Waals surface area contributed by atoms with Crippen LogP contribution in [0.5, 0.6) is 5.75 Å². The van der Waals surface area contributed by atoms with Gasteiger partial charge >= 0.3 is 0 Å². The van der Waals surface area contributed by atoms with Gasteiger partial charge in [-0.1, -0.05) is 36.4 Å². The fraction of sp³-hybridized carbons (Fsp3) is 0.280. The summed E-state index contributed by atoms with van der Waals surface area (Å²) in [6.45, 7) is 3.38. The molecule has 160 valence electrons. The first kappa shape index (κ1) is 20.7. The van der Waals surface area contributed by atoms with Crippen molar-refractivity contribution in [2.75, 3.05) is 13.7 Å². The Balaban J connectivity index is 1.55. The number of hydrogen-bond acceptors (Lipinski definition) is 4. The molecule has 2 aromatic carbocycles. The lowest BCUT2D eigenvalue weighted by Gasteiger charge is -2.37. The van der Waals surface area contributed by atoms with Crippen LogP contribution in [0.2, 0.25) is 0 Å². The molecule has 0 saturated heterocycles. The Morgan fingerprint density at radius 3 is 2.48 bits per heavy atom. The SMILES string of the molecule is CCOc1ccc(CN(C)C(=O)[C@@H]2Cc3ccccc3CN2C(=O)c2ccco2)cc1. The fourth-order valence-corrected chi connectivity index (χ4v) is 3.96. The van der Waals surface area contributed by atoms with Crippen LogP contribution < -0.4 is 4.74 Å². The Morgan fingerprint density at radius 1 is 1.06 bits per heavy atom. The van der Waals surface area contributed by atoms with Crippen LogP contribution in [0.3, 0.4) is 0 Å². The summed E-state index contributed by atoms with van der Waals surface area (Å²) in [6.07, 6.45) is 1.95. The number of amides is 2. The maximum absolute atomic E-state index is 13.4. The first-order valence-corrected chi connectivity index (χ1v) is 10.4. The molecule has 2 heterocycles. The molecule has 0 fully saturated rings. The highest BCUT2D eigenvalue weighted by Gasteiger charge is 2.37. The number of nitrogens with zero attached hydrogens (tertiary/aromatic N) is 2. The molecule has 1 aromatic heterocycles. The zero-order valence-corrected chi connectivity index (χ0v) is 17.8. The molecule has 0 unspecified atom stereocenters. The average Bonchev–Trinajstić information content (AvgIpc) is 3.33. The zero-order chi connectivity index (χ0) is 21.8. The summed E-state index contributed by atoms with van der Waals surface area (Å²) in [6, 6.07) is 18.4. The first-order valence-electron chi connectivity index (χ1n) is 10.4. The molecule has 6 heteroatoms. The smallest absolute Gasteiger partial charge is 0.290 e. The molecule has 0 saturated carbocycles. The minimum atomic E-state index is -0.583. The Labute approximate surface area is 182 Å². The van der Waals surface area contributed by atoms with E-state index in [2.05, 4.69) is 0 Å². The Morgan fingerprint density at radius 2 is 1.81 bits per heavy atom. The van der Waals surface area contributed by atoms with Gasteiger partial charge in [-0.3, -0.25) is 9.59 Å². The molecular weight excluding hydrogens is 392 g/mol. The number of likely N-dealkylation sites (N-methyl/N-ethyl adjacent to an activating group) is 1. The van der Waals surface area contributed by atoms with Crippen molar-refractivity contribution in [1.29, 1.82) is 0 Å². The number of hydrogen-bond donors (Lipinski definition) is 0. The van der Waals surface area contributed by atoms with E-state index in [1.807, 2.05) is 55.5 Å². The lowest BCUT2D eigenvalue weighted by atomic mass is 9.93. The molecule has 2 amide bonds. The van der Waals surface area contributed by atoms with Crippen molar-refractivity contribution in [2.45, 2.75) is 32.5 Å². The lowest BCUT2D eigenvalue weighted by molar-refractivity contribution is -0.135. The number of furan rings is 1. The highest BCUT2D eigenvalue weighted by atomic mass is 16.5. The van der Waals surface area contributed by atoms with E-state index in [-0.39, 0.29) is 17.6 Å². The summed E-state index contributed by atoms with van der Waals surface area (Å²) >= 11 is 0. The largest absolute Gasteiger partial charge is 0.494 e. The zero-order valence-electron chi connectivity index (χ0n) is 17.8. The van der Waals surface area contributed by atoms with E-state index in [1.165, 1.54) is 6.26 Å². The van der Waals surface area contributed by atoms with Gasteiger partial charge in [0.2, 0.25) is 5.91 Å². The standard InChI is InChI=1S/C25H26N2O4/c1-3-30-21-12-10-18(11-13-21)16-26(2)24(28)22-15-19-7-4-5-8-20(19)17-27(22)25(29)23-9-6-14-31-23/h4-14,22H,3,15-17H2,1-2H3/t22-/m0/s1. The van der Waals surface area contributed by atoms with Gasteiger partial charge in [0.15, 0.2) is 5.76 Å². The lowest BCUT2D eigenvalue weighted by Crippen LogP contribution is -2.52. The first-order chi connectivity index (χ1) is 15.1. The maximum Gasteiger partial charge on any atom is 0.290 e. The highest BCUT2D eigenvalue weighted by Crippen LogP contribution is 2.26. The van der Waals surface area contributed by atoms with Crippen LogP contribution in [0.15, 0.2) is 71.3 Å². The molecule has 31 heavy (non-hydrogen) atoms. The van der Waals surface area contributed by atoms with E-state index in [0.29, 0.717) is 26.1 Å². The molecule has 1 aliphatic rings. The molecule has 0 spiro atoms. The van der Waals surface area contributed by atoms with Gasteiger partial charge in [0, 0.05) is 26.6 Å². The average molecular weight is 418 g/mol. The number of carbonyl (C=O) groups is 2. The second kappa shape index (κ2) is 9.08. The van der Waals surface area contributed by atoms with Gasteiger partial charge in [0.1, 0.15) is 11.8 Å². The summed E-state index contributed by atoms with van der Waals surface area (Å²) in [5.41, 5.74) is 3.15. The van der Waals surface area contributed by atoms with Crippen molar-refractivity contribution < 1.29 is 18.7 Å². The van der Waals surface area contributed by atoms with Gasteiger partial charge in [0.05, 0.1) is 12.9 Å². The highest BCUT2D eigenvalue weighted by molar-refractivity contribution is 5.96. The summed E-state index contributed by atoms with van der Waals surface area (Å²) < 4.78 is 10.8. The third kappa shape index (κ3) is 4.48. The summed E-state index contributed by atoms with van der Waals surface area (Å²) in [4.78, 5) is 29.9. The van der Waals surface area contributed by atoms with Crippen molar-refractivity contribution in [3.8, 4) is 5.75 Å². The number of ether oxygens (including phenoxy) is 1. The van der Waals surface area contributed by atoms with E-state index in [4.69, 9.17) is 9.15 Å². The van der Waals surface area contributed by atoms with Crippen molar-refractivity contribution in [3.05, 3.63) is 89.4 Å². The molecule has 1 aliphatic heterocycles.